The molecule has 1 aromatic rings. The zero-order valence-corrected chi connectivity index (χ0v) is 13.9. The van der Waals surface area contributed by atoms with Crippen LogP contribution in [0.4, 0.5) is 0 Å². The first-order valence-corrected chi connectivity index (χ1v) is 7.84. The molecule has 0 amide bonds. The van der Waals surface area contributed by atoms with Gasteiger partial charge < -0.3 is 28.8 Å². The Labute approximate surface area is 140 Å². The van der Waals surface area contributed by atoms with Crippen LogP contribution in [0.25, 0.3) is 0 Å². The number of methoxy groups -OCH3 is 1. The lowest BCUT2D eigenvalue weighted by Gasteiger charge is -2.27. The predicted octanol–water partition coefficient (Wildman–Crippen LogP) is 0.982. The van der Waals surface area contributed by atoms with E-state index >= 15 is 0 Å². The standard InChI is InChI=1S/C17H22O7/c1-17(2)23-14-13(21-9-10-7-5-4-6-8-10)12(22-16(14)24-17)11(18)15(19)20-3/h4-8,11-14,16,18H,9H2,1-3H3/t11-,12-,13+,14-,16+/m1/s1. The van der Waals surface area contributed by atoms with Gasteiger partial charge >= 0.3 is 5.97 Å². The van der Waals surface area contributed by atoms with Crippen molar-refractivity contribution in [1.82, 2.24) is 0 Å². The van der Waals surface area contributed by atoms with Crippen molar-refractivity contribution in [3.63, 3.8) is 0 Å². The van der Waals surface area contributed by atoms with Crippen molar-refractivity contribution in [3.8, 4) is 0 Å². The number of benzene rings is 1. The number of carbonyl (C=O) groups is 1. The first-order valence-electron chi connectivity index (χ1n) is 7.84. The molecule has 3 rings (SSSR count). The van der Waals surface area contributed by atoms with Gasteiger partial charge in [-0.3, -0.25) is 0 Å². The topological polar surface area (TPSA) is 83.5 Å². The molecule has 7 nitrogen and oxygen atoms in total. The summed E-state index contributed by atoms with van der Waals surface area (Å²) in [5.41, 5.74) is 0.963. The molecule has 2 heterocycles. The van der Waals surface area contributed by atoms with E-state index in [1.54, 1.807) is 13.8 Å². The van der Waals surface area contributed by atoms with Crippen LogP contribution in [0.3, 0.4) is 0 Å². The van der Waals surface area contributed by atoms with Crippen LogP contribution in [0.1, 0.15) is 19.4 Å². The van der Waals surface area contributed by atoms with Gasteiger partial charge in [0.15, 0.2) is 18.2 Å². The van der Waals surface area contributed by atoms with Gasteiger partial charge in [-0.05, 0) is 19.4 Å². The third-order valence-corrected chi connectivity index (χ3v) is 4.07. The van der Waals surface area contributed by atoms with E-state index in [9.17, 15) is 9.90 Å². The van der Waals surface area contributed by atoms with E-state index < -0.39 is 42.5 Å². The molecule has 7 heteroatoms. The maximum atomic E-state index is 11.7. The smallest absolute Gasteiger partial charge is 0.337 e. The molecule has 5 atom stereocenters. The van der Waals surface area contributed by atoms with Crippen molar-refractivity contribution in [2.24, 2.45) is 0 Å². The molecule has 0 bridgehead atoms. The molecule has 0 saturated carbocycles. The highest BCUT2D eigenvalue weighted by molar-refractivity contribution is 5.75. The van der Waals surface area contributed by atoms with Crippen LogP contribution in [0.15, 0.2) is 30.3 Å². The summed E-state index contributed by atoms with van der Waals surface area (Å²) in [6.45, 7) is 3.84. The number of hydrogen-bond acceptors (Lipinski definition) is 7. The Kier molecular flexibility index (Phi) is 4.89. The summed E-state index contributed by atoms with van der Waals surface area (Å²) in [6, 6.07) is 9.58. The molecule has 1 aromatic carbocycles. The van der Waals surface area contributed by atoms with Gasteiger partial charge in [0, 0.05) is 0 Å². The van der Waals surface area contributed by atoms with E-state index in [2.05, 4.69) is 4.74 Å². The third-order valence-electron chi connectivity index (χ3n) is 4.07. The van der Waals surface area contributed by atoms with Crippen LogP contribution >= 0.6 is 0 Å². The molecule has 2 aliphatic rings. The largest absolute Gasteiger partial charge is 0.467 e. The number of hydrogen-bond donors (Lipinski definition) is 1. The Morgan fingerprint density at radius 1 is 1.29 bits per heavy atom. The summed E-state index contributed by atoms with van der Waals surface area (Å²) in [4.78, 5) is 11.7. The van der Waals surface area contributed by atoms with Crippen molar-refractivity contribution in [3.05, 3.63) is 35.9 Å². The molecule has 2 saturated heterocycles. The van der Waals surface area contributed by atoms with Crippen molar-refractivity contribution in [1.29, 1.82) is 0 Å². The summed E-state index contributed by atoms with van der Waals surface area (Å²) in [7, 11) is 1.21. The molecule has 0 aromatic heterocycles. The number of carbonyl (C=O) groups excluding carboxylic acids is 1. The monoisotopic (exact) mass is 338 g/mol. The van der Waals surface area contributed by atoms with Crippen LogP contribution in [0.5, 0.6) is 0 Å². The molecule has 0 aliphatic carbocycles. The van der Waals surface area contributed by atoms with Crippen molar-refractivity contribution >= 4 is 5.97 Å². The van der Waals surface area contributed by atoms with Gasteiger partial charge in [-0.2, -0.15) is 0 Å². The van der Waals surface area contributed by atoms with Crippen LogP contribution < -0.4 is 0 Å². The Balaban J connectivity index is 1.75. The normalized spacial score (nSPS) is 32.3. The van der Waals surface area contributed by atoms with Crippen molar-refractivity contribution in [2.45, 2.75) is 56.9 Å². The first-order chi connectivity index (χ1) is 11.4. The molecule has 0 unspecified atom stereocenters. The number of ether oxygens (including phenoxy) is 5. The van der Waals surface area contributed by atoms with E-state index in [-0.39, 0.29) is 0 Å². The fraction of sp³-hybridized carbons (Fsp3) is 0.588. The minimum atomic E-state index is -1.48. The van der Waals surface area contributed by atoms with E-state index in [1.165, 1.54) is 7.11 Å². The molecule has 2 aliphatic heterocycles. The van der Waals surface area contributed by atoms with Crippen LogP contribution in [0, 0.1) is 0 Å². The first kappa shape index (κ1) is 17.3. The summed E-state index contributed by atoms with van der Waals surface area (Å²) in [5, 5.41) is 10.2. The Hall–Kier alpha value is -1.51. The van der Waals surface area contributed by atoms with Crippen molar-refractivity contribution < 1.29 is 33.6 Å². The third kappa shape index (κ3) is 3.45. The molecular formula is C17H22O7. The molecule has 24 heavy (non-hydrogen) atoms. The quantitative estimate of drug-likeness (QED) is 0.801. The molecule has 2 fully saturated rings. The van der Waals surface area contributed by atoms with Crippen LogP contribution in [-0.4, -0.2) is 54.7 Å². The maximum absolute atomic E-state index is 11.7. The fourth-order valence-electron chi connectivity index (χ4n) is 2.97. The predicted molar refractivity (Wildman–Crippen MR) is 81.7 cm³/mol. The average Bonchev–Trinajstić information content (AvgIpc) is 3.04. The van der Waals surface area contributed by atoms with Gasteiger partial charge in [-0.15, -0.1) is 0 Å². The molecule has 1 N–H and O–H groups in total. The molecule has 0 spiro atoms. The number of esters is 1. The van der Waals surface area contributed by atoms with E-state index in [0.717, 1.165) is 5.56 Å². The summed E-state index contributed by atoms with van der Waals surface area (Å²) in [5.74, 6) is -1.60. The average molecular weight is 338 g/mol. The van der Waals surface area contributed by atoms with Gasteiger partial charge in [0.1, 0.15) is 18.3 Å². The van der Waals surface area contributed by atoms with Gasteiger partial charge in [0.2, 0.25) is 0 Å². The molecule has 0 radical (unpaired) electrons. The minimum absolute atomic E-state index is 0.298. The fourth-order valence-corrected chi connectivity index (χ4v) is 2.97. The van der Waals surface area contributed by atoms with E-state index in [0.29, 0.717) is 6.61 Å². The SMILES string of the molecule is COC(=O)[C@H](O)[C@H]1O[C@H]2OC(C)(C)O[C@@H]2[C@H]1OCc1ccccc1. The van der Waals surface area contributed by atoms with Crippen molar-refractivity contribution in [2.75, 3.05) is 7.11 Å². The lowest BCUT2D eigenvalue weighted by molar-refractivity contribution is -0.231. The van der Waals surface area contributed by atoms with E-state index in [1.807, 2.05) is 30.3 Å². The maximum Gasteiger partial charge on any atom is 0.337 e. The second kappa shape index (κ2) is 6.78. The summed E-state index contributed by atoms with van der Waals surface area (Å²) < 4.78 is 27.7. The number of fused-ring (bicyclic) bond motifs is 1. The van der Waals surface area contributed by atoms with Crippen LogP contribution in [0.2, 0.25) is 0 Å². The number of aliphatic hydroxyl groups is 1. The molecular weight excluding hydrogens is 316 g/mol. The lowest BCUT2D eigenvalue weighted by atomic mass is 10.1. The van der Waals surface area contributed by atoms with Gasteiger partial charge in [-0.1, -0.05) is 30.3 Å². The van der Waals surface area contributed by atoms with Gasteiger partial charge in [0.05, 0.1) is 13.7 Å². The van der Waals surface area contributed by atoms with Crippen LogP contribution in [-0.2, 0) is 35.1 Å². The lowest BCUT2D eigenvalue weighted by Crippen LogP contribution is -2.46. The highest BCUT2D eigenvalue weighted by atomic mass is 16.8. The molecule has 132 valence electrons. The number of rotatable bonds is 5. The number of aliphatic hydroxyl groups excluding tert-OH is 1. The second-order valence-electron chi connectivity index (χ2n) is 6.30. The zero-order chi connectivity index (χ0) is 17.3. The van der Waals surface area contributed by atoms with Gasteiger partial charge in [0.25, 0.3) is 0 Å². The Bertz CT molecular complexity index is 574. The summed E-state index contributed by atoms with van der Waals surface area (Å²) >= 11 is 0. The zero-order valence-electron chi connectivity index (χ0n) is 13.9. The Morgan fingerprint density at radius 2 is 2.00 bits per heavy atom. The minimum Gasteiger partial charge on any atom is -0.467 e. The Morgan fingerprint density at radius 3 is 2.67 bits per heavy atom. The highest BCUT2D eigenvalue weighted by Gasteiger charge is 2.58. The second-order valence-corrected chi connectivity index (χ2v) is 6.30. The van der Waals surface area contributed by atoms with Gasteiger partial charge in [-0.25, -0.2) is 4.79 Å². The highest BCUT2D eigenvalue weighted by Crippen LogP contribution is 2.40. The summed E-state index contributed by atoms with van der Waals surface area (Å²) in [6.07, 6.45) is -4.30. The van der Waals surface area contributed by atoms with E-state index in [4.69, 9.17) is 18.9 Å².